The predicted octanol–water partition coefficient (Wildman–Crippen LogP) is 1.82. The van der Waals surface area contributed by atoms with Crippen molar-refractivity contribution in [1.82, 2.24) is 14.7 Å². The predicted molar refractivity (Wildman–Crippen MR) is 82.6 cm³/mol. The first kappa shape index (κ1) is 14.3. The summed E-state index contributed by atoms with van der Waals surface area (Å²) in [7, 11) is 0. The molecular formula is C16H18N4O2. The van der Waals surface area contributed by atoms with E-state index >= 15 is 0 Å². The van der Waals surface area contributed by atoms with E-state index in [0.29, 0.717) is 18.7 Å². The van der Waals surface area contributed by atoms with E-state index < -0.39 is 0 Å². The number of nitrogens with one attached hydrogen (secondary N) is 1. The van der Waals surface area contributed by atoms with Gasteiger partial charge in [-0.1, -0.05) is 0 Å². The highest BCUT2D eigenvalue weighted by molar-refractivity contribution is 5.94. The molecule has 0 aliphatic carbocycles. The fourth-order valence-corrected chi connectivity index (χ4v) is 2.52. The summed E-state index contributed by atoms with van der Waals surface area (Å²) in [5.41, 5.74) is 1.64. The third-order valence-corrected chi connectivity index (χ3v) is 3.68. The molecule has 1 aromatic heterocycles. The van der Waals surface area contributed by atoms with Crippen molar-refractivity contribution in [3.05, 3.63) is 42.7 Å². The normalized spacial score (nSPS) is 14.9. The molecule has 1 aromatic carbocycles. The Labute approximate surface area is 128 Å². The molecule has 2 amide bonds. The number of hydrogen-bond acceptors (Lipinski definition) is 3. The summed E-state index contributed by atoms with van der Waals surface area (Å²) in [6, 6.07) is 9.27. The Morgan fingerprint density at radius 2 is 2.05 bits per heavy atom. The summed E-state index contributed by atoms with van der Waals surface area (Å²) < 4.78 is 1.75. The van der Waals surface area contributed by atoms with E-state index in [2.05, 4.69) is 10.4 Å². The van der Waals surface area contributed by atoms with E-state index in [4.69, 9.17) is 0 Å². The summed E-state index contributed by atoms with van der Waals surface area (Å²) >= 11 is 0. The highest BCUT2D eigenvalue weighted by Gasteiger charge is 2.20. The van der Waals surface area contributed by atoms with E-state index in [1.54, 1.807) is 15.8 Å². The quantitative estimate of drug-likeness (QED) is 0.936. The van der Waals surface area contributed by atoms with Crippen molar-refractivity contribution in [2.45, 2.75) is 19.3 Å². The van der Waals surface area contributed by atoms with Crippen LogP contribution < -0.4 is 5.32 Å². The van der Waals surface area contributed by atoms with Crippen LogP contribution in [0.2, 0.25) is 0 Å². The molecule has 1 fully saturated rings. The minimum Gasteiger partial charge on any atom is -0.333 e. The Bertz CT molecular complexity index is 649. The van der Waals surface area contributed by atoms with Gasteiger partial charge in [-0.25, -0.2) is 4.68 Å². The summed E-state index contributed by atoms with van der Waals surface area (Å²) in [5.74, 6) is -0.0995. The number of benzene rings is 1. The van der Waals surface area contributed by atoms with Crippen LogP contribution in [-0.2, 0) is 9.59 Å². The summed E-state index contributed by atoms with van der Waals surface area (Å²) in [6.07, 6.45) is 6.01. The molecule has 0 radical (unpaired) electrons. The molecule has 114 valence electrons. The summed E-state index contributed by atoms with van der Waals surface area (Å²) in [5, 5.41) is 6.97. The van der Waals surface area contributed by atoms with Crippen molar-refractivity contribution in [3.8, 4) is 5.69 Å². The second-order valence-electron chi connectivity index (χ2n) is 5.32. The number of rotatable bonds is 4. The minimum absolute atomic E-state index is 0.0652. The molecule has 1 aliphatic rings. The van der Waals surface area contributed by atoms with Gasteiger partial charge in [0.25, 0.3) is 0 Å². The van der Waals surface area contributed by atoms with Crippen LogP contribution in [0, 0.1) is 0 Å². The Hall–Kier alpha value is -2.63. The lowest BCUT2D eigenvalue weighted by Gasteiger charge is -2.25. The number of carbonyl (C=O) groups is 2. The maximum Gasteiger partial charge on any atom is 0.243 e. The van der Waals surface area contributed by atoms with Gasteiger partial charge in [-0.15, -0.1) is 0 Å². The number of aromatic nitrogens is 2. The average molecular weight is 298 g/mol. The van der Waals surface area contributed by atoms with Crippen LogP contribution in [0.15, 0.2) is 42.7 Å². The molecule has 0 saturated carbocycles. The van der Waals surface area contributed by atoms with E-state index in [9.17, 15) is 9.59 Å². The third kappa shape index (κ3) is 3.33. The van der Waals surface area contributed by atoms with Gasteiger partial charge in [0.15, 0.2) is 0 Å². The van der Waals surface area contributed by atoms with Crippen LogP contribution in [0.5, 0.6) is 0 Å². The van der Waals surface area contributed by atoms with Gasteiger partial charge in [-0.2, -0.15) is 5.10 Å². The third-order valence-electron chi connectivity index (χ3n) is 3.68. The first-order chi connectivity index (χ1) is 10.7. The molecule has 1 N–H and O–H groups in total. The second-order valence-corrected chi connectivity index (χ2v) is 5.32. The molecule has 22 heavy (non-hydrogen) atoms. The van der Waals surface area contributed by atoms with Gasteiger partial charge in [-0.3, -0.25) is 9.59 Å². The molecule has 0 atom stereocenters. The maximum atomic E-state index is 12.0. The van der Waals surface area contributed by atoms with Crippen molar-refractivity contribution in [2.24, 2.45) is 0 Å². The molecule has 1 aliphatic heterocycles. The Kier molecular flexibility index (Phi) is 4.18. The molecule has 0 unspecified atom stereocenters. The SMILES string of the molecule is O=C(CN1CCCCC1=O)Nc1ccc(-n2cccn2)cc1. The van der Waals surface area contributed by atoms with Crippen LogP contribution in [-0.4, -0.2) is 39.6 Å². The fourth-order valence-electron chi connectivity index (χ4n) is 2.52. The van der Waals surface area contributed by atoms with Crippen molar-refractivity contribution in [2.75, 3.05) is 18.4 Å². The zero-order valence-corrected chi connectivity index (χ0v) is 12.2. The number of likely N-dealkylation sites (tertiary alicyclic amines) is 1. The molecular weight excluding hydrogens is 280 g/mol. The van der Waals surface area contributed by atoms with Crippen molar-refractivity contribution in [3.63, 3.8) is 0 Å². The number of nitrogens with zero attached hydrogens (tertiary/aromatic N) is 3. The number of anilines is 1. The van der Waals surface area contributed by atoms with E-state index in [1.165, 1.54) is 0 Å². The standard InChI is InChI=1S/C16H18N4O2/c21-15(12-19-10-2-1-4-16(19)22)18-13-5-7-14(8-6-13)20-11-3-9-17-20/h3,5-9,11H,1-2,4,10,12H2,(H,18,21). The van der Waals surface area contributed by atoms with Crippen LogP contribution in [0.3, 0.4) is 0 Å². The number of piperidine rings is 1. The van der Waals surface area contributed by atoms with Crippen molar-refractivity contribution >= 4 is 17.5 Å². The largest absolute Gasteiger partial charge is 0.333 e. The van der Waals surface area contributed by atoms with Gasteiger partial charge in [0, 0.05) is 31.0 Å². The minimum atomic E-state index is -0.165. The number of carbonyl (C=O) groups excluding carboxylic acids is 2. The highest BCUT2D eigenvalue weighted by atomic mass is 16.2. The number of amides is 2. The van der Waals surface area contributed by atoms with E-state index in [0.717, 1.165) is 18.5 Å². The van der Waals surface area contributed by atoms with Gasteiger partial charge in [0.1, 0.15) is 0 Å². The molecule has 0 spiro atoms. The lowest BCUT2D eigenvalue weighted by atomic mass is 10.1. The van der Waals surface area contributed by atoms with Gasteiger partial charge in [-0.05, 0) is 43.2 Å². The smallest absolute Gasteiger partial charge is 0.243 e. The van der Waals surface area contributed by atoms with Crippen LogP contribution in [0.1, 0.15) is 19.3 Å². The van der Waals surface area contributed by atoms with E-state index in [1.807, 2.05) is 36.5 Å². The molecule has 2 heterocycles. The molecule has 1 saturated heterocycles. The van der Waals surface area contributed by atoms with Crippen molar-refractivity contribution in [1.29, 1.82) is 0 Å². The van der Waals surface area contributed by atoms with Gasteiger partial charge in [0.05, 0.1) is 12.2 Å². The number of hydrogen-bond donors (Lipinski definition) is 1. The maximum absolute atomic E-state index is 12.0. The van der Waals surface area contributed by atoms with Gasteiger partial charge >= 0.3 is 0 Å². The molecule has 2 aromatic rings. The van der Waals surface area contributed by atoms with Gasteiger partial charge < -0.3 is 10.2 Å². The zero-order valence-electron chi connectivity index (χ0n) is 12.2. The lowest BCUT2D eigenvalue weighted by molar-refractivity contribution is -0.136. The Balaban J connectivity index is 1.58. The topological polar surface area (TPSA) is 67.2 Å². The average Bonchev–Trinajstić information content (AvgIpc) is 3.05. The summed E-state index contributed by atoms with van der Waals surface area (Å²) in [4.78, 5) is 25.3. The monoisotopic (exact) mass is 298 g/mol. The lowest BCUT2D eigenvalue weighted by Crippen LogP contribution is -2.40. The first-order valence-corrected chi connectivity index (χ1v) is 7.40. The first-order valence-electron chi connectivity index (χ1n) is 7.40. The molecule has 6 nitrogen and oxygen atoms in total. The van der Waals surface area contributed by atoms with Crippen molar-refractivity contribution < 1.29 is 9.59 Å². The zero-order chi connectivity index (χ0) is 15.4. The highest BCUT2D eigenvalue weighted by Crippen LogP contribution is 2.14. The van der Waals surface area contributed by atoms with Gasteiger partial charge in [0.2, 0.25) is 11.8 Å². The summed E-state index contributed by atoms with van der Waals surface area (Å²) in [6.45, 7) is 0.796. The van der Waals surface area contributed by atoms with E-state index in [-0.39, 0.29) is 18.4 Å². The molecule has 6 heteroatoms. The Morgan fingerprint density at radius 3 is 2.73 bits per heavy atom. The molecule has 3 rings (SSSR count). The Morgan fingerprint density at radius 1 is 1.23 bits per heavy atom. The van der Waals surface area contributed by atoms with Crippen LogP contribution >= 0.6 is 0 Å². The molecule has 0 bridgehead atoms. The van der Waals surface area contributed by atoms with Crippen LogP contribution in [0.25, 0.3) is 5.69 Å². The fraction of sp³-hybridized carbons (Fsp3) is 0.312. The van der Waals surface area contributed by atoms with Crippen LogP contribution in [0.4, 0.5) is 5.69 Å². The second kappa shape index (κ2) is 6.43.